The first-order chi connectivity index (χ1) is 21.1. The van der Waals surface area contributed by atoms with Crippen LogP contribution in [-0.2, 0) is 4.79 Å². The number of amidine groups is 2. The highest BCUT2D eigenvalue weighted by Crippen LogP contribution is 2.40. The molecule has 1 saturated carbocycles. The molecule has 0 radical (unpaired) electrons. The SMILES string of the molecule is CC.Cc1c(Oc2cccc(C3=NCCN3C)c2)nc(Oc2cc(C(=N)N)ccc2O)c(F)c1NC1CCC(C(=O)O)CC1. The number of nitrogens with two attached hydrogens (primary N) is 1. The molecular formula is C32H39FN6O5. The largest absolute Gasteiger partial charge is 0.504 e. The van der Waals surface area contributed by atoms with Crippen LogP contribution in [0.4, 0.5) is 10.1 Å². The quantitative estimate of drug-likeness (QED) is 0.148. The zero-order valence-electron chi connectivity index (χ0n) is 25.4. The smallest absolute Gasteiger partial charge is 0.306 e. The van der Waals surface area contributed by atoms with E-state index in [0.717, 1.165) is 17.9 Å². The number of phenolic OH excluding ortho intramolecular Hbond substituents is 1. The second-order valence-electron chi connectivity index (χ2n) is 10.5. The highest BCUT2D eigenvalue weighted by Gasteiger charge is 2.29. The summed E-state index contributed by atoms with van der Waals surface area (Å²) in [5.41, 5.74) is 7.22. The molecule has 0 atom stereocenters. The van der Waals surface area contributed by atoms with Crippen LogP contribution in [0.15, 0.2) is 47.5 Å². The van der Waals surface area contributed by atoms with Crippen LogP contribution in [0.3, 0.4) is 0 Å². The maximum atomic E-state index is 16.0. The number of aromatic nitrogens is 1. The lowest BCUT2D eigenvalue weighted by Crippen LogP contribution is -2.30. The number of aromatic hydroxyl groups is 1. The third kappa shape index (κ3) is 7.19. The number of aliphatic imine (C=N–C) groups is 1. The minimum absolute atomic E-state index is 0.0780. The Labute approximate surface area is 256 Å². The molecule has 0 spiro atoms. The van der Waals surface area contributed by atoms with Crippen molar-refractivity contribution in [3.63, 3.8) is 0 Å². The summed E-state index contributed by atoms with van der Waals surface area (Å²) in [5.74, 6) is -1.81. The monoisotopic (exact) mass is 606 g/mol. The Hall–Kier alpha value is -4.87. The van der Waals surface area contributed by atoms with Crippen LogP contribution in [0.1, 0.15) is 56.2 Å². The van der Waals surface area contributed by atoms with Crippen LogP contribution < -0.4 is 20.5 Å². The van der Waals surface area contributed by atoms with Gasteiger partial charge in [0.1, 0.15) is 17.4 Å². The molecule has 234 valence electrons. The summed E-state index contributed by atoms with van der Waals surface area (Å²) in [6.07, 6.45) is 2.04. The molecule has 0 bridgehead atoms. The number of hydrogen-bond acceptors (Lipinski definition) is 9. The Balaban J connectivity index is 0.00000216. The minimum atomic E-state index is -0.823. The lowest BCUT2D eigenvalue weighted by Gasteiger charge is -2.28. The van der Waals surface area contributed by atoms with Gasteiger partial charge in [0.05, 0.1) is 18.2 Å². The van der Waals surface area contributed by atoms with Gasteiger partial charge in [-0.05, 0) is 62.9 Å². The highest BCUT2D eigenvalue weighted by molar-refractivity contribution is 6.00. The summed E-state index contributed by atoms with van der Waals surface area (Å²) in [6.45, 7) is 7.20. The summed E-state index contributed by atoms with van der Waals surface area (Å²) in [4.78, 5) is 22.4. The maximum absolute atomic E-state index is 16.0. The van der Waals surface area contributed by atoms with E-state index in [1.165, 1.54) is 18.2 Å². The van der Waals surface area contributed by atoms with Crippen molar-refractivity contribution in [2.24, 2.45) is 16.6 Å². The molecule has 12 heteroatoms. The number of halogens is 1. The van der Waals surface area contributed by atoms with Crippen molar-refractivity contribution >= 4 is 23.3 Å². The molecule has 5 rings (SSSR count). The molecule has 0 amide bonds. The molecule has 2 heterocycles. The average Bonchev–Trinajstić information content (AvgIpc) is 3.45. The highest BCUT2D eigenvalue weighted by atomic mass is 19.1. The number of carboxylic acid groups (broad SMARTS) is 1. The first kappa shape index (κ1) is 32.1. The third-order valence-corrected chi connectivity index (χ3v) is 7.57. The molecule has 0 saturated heterocycles. The van der Waals surface area contributed by atoms with Gasteiger partial charge in [-0.1, -0.05) is 26.0 Å². The van der Waals surface area contributed by atoms with Crippen molar-refractivity contribution in [3.8, 4) is 29.0 Å². The van der Waals surface area contributed by atoms with Crippen LogP contribution in [0.2, 0.25) is 0 Å². The number of nitrogen functional groups attached to an aromatic ring is 1. The van der Waals surface area contributed by atoms with Crippen molar-refractivity contribution in [1.29, 1.82) is 5.41 Å². The number of nitrogens with one attached hydrogen (secondary N) is 2. The molecule has 1 aliphatic heterocycles. The van der Waals surface area contributed by atoms with Gasteiger partial charge in [0, 0.05) is 36.3 Å². The molecule has 44 heavy (non-hydrogen) atoms. The maximum Gasteiger partial charge on any atom is 0.306 e. The average molecular weight is 607 g/mol. The van der Waals surface area contributed by atoms with Gasteiger partial charge in [0.15, 0.2) is 11.5 Å². The number of phenols is 1. The molecule has 2 aromatic carbocycles. The number of hydrogen-bond donors (Lipinski definition) is 5. The predicted molar refractivity (Wildman–Crippen MR) is 167 cm³/mol. The van der Waals surface area contributed by atoms with E-state index in [4.69, 9.17) is 20.6 Å². The molecule has 1 aromatic heterocycles. The Morgan fingerprint density at radius 2 is 1.84 bits per heavy atom. The van der Waals surface area contributed by atoms with E-state index in [9.17, 15) is 15.0 Å². The van der Waals surface area contributed by atoms with Crippen molar-refractivity contribution in [2.75, 3.05) is 25.5 Å². The van der Waals surface area contributed by atoms with E-state index in [1.54, 1.807) is 13.0 Å². The van der Waals surface area contributed by atoms with E-state index in [1.807, 2.05) is 39.1 Å². The van der Waals surface area contributed by atoms with Gasteiger partial charge in [-0.2, -0.15) is 9.37 Å². The van der Waals surface area contributed by atoms with E-state index in [2.05, 4.69) is 20.2 Å². The number of nitrogens with zero attached hydrogens (tertiary/aromatic N) is 3. The van der Waals surface area contributed by atoms with Crippen molar-refractivity contribution < 1.29 is 28.9 Å². The molecule has 2 aliphatic rings. The van der Waals surface area contributed by atoms with E-state index in [0.29, 0.717) is 43.5 Å². The number of pyridine rings is 1. The fourth-order valence-corrected chi connectivity index (χ4v) is 5.15. The lowest BCUT2D eigenvalue weighted by atomic mass is 9.86. The molecule has 3 aromatic rings. The molecule has 11 nitrogen and oxygen atoms in total. The zero-order valence-corrected chi connectivity index (χ0v) is 25.4. The van der Waals surface area contributed by atoms with Crippen molar-refractivity contribution in [1.82, 2.24) is 9.88 Å². The molecule has 1 aliphatic carbocycles. The first-order valence-electron chi connectivity index (χ1n) is 14.7. The summed E-state index contributed by atoms with van der Waals surface area (Å²) in [5, 5.41) is 30.7. The summed E-state index contributed by atoms with van der Waals surface area (Å²) in [6, 6.07) is 11.2. The fourth-order valence-electron chi connectivity index (χ4n) is 5.15. The van der Waals surface area contributed by atoms with Crippen LogP contribution in [0.25, 0.3) is 0 Å². The number of rotatable bonds is 9. The van der Waals surface area contributed by atoms with E-state index >= 15 is 4.39 Å². The second-order valence-corrected chi connectivity index (χ2v) is 10.5. The number of carbonyl (C=O) groups is 1. The van der Waals surface area contributed by atoms with Crippen LogP contribution >= 0.6 is 0 Å². The number of likely N-dealkylation sites (N-methyl/N-ethyl adjacent to an activating group) is 1. The van der Waals surface area contributed by atoms with Crippen molar-refractivity contribution in [2.45, 2.75) is 52.5 Å². The molecule has 1 fully saturated rings. The summed E-state index contributed by atoms with van der Waals surface area (Å²) in [7, 11) is 1.97. The topological polar surface area (TPSA) is 166 Å². The van der Waals surface area contributed by atoms with Gasteiger partial charge in [-0.3, -0.25) is 15.2 Å². The first-order valence-corrected chi connectivity index (χ1v) is 14.7. The van der Waals surface area contributed by atoms with Gasteiger partial charge >= 0.3 is 5.97 Å². The lowest BCUT2D eigenvalue weighted by molar-refractivity contribution is -0.142. The summed E-state index contributed by atoms with van der Waals surface area (Å²) >= 11 is 0. The van der Waals surface area contributed by atoms with Crippen molar-refractivity contribution in [3.05, 3.63) is 65.0 Å². The van der Waals surface area contributed by atoms with Crippen LogP contribution in [-0.4, -0.2) is 63.9 Å². The fraction of sp³-hybridized carbons (Fsp3) is 0.375. The van der Waals surface area contributed by atoms with Gasteiger partial charge in [-0.25, -0.2) is 0 Å². The number of carboxylic acids is 1. The Morgan fingerprint density at radius 3 is 2.48 bits per heavy atom. The normalized spacial score (nSPS) is 17.7. The molecule has 0 unspecified atom stereocenters. The second kappa shape index (κ2) is 14.1. The third-order valence-electron chi connectivity index (χ3n) is 7.57. The molecular weight excluding hydrogens is 567 g/mol. The number of anilines is 1. The number of ether oxygens (including phenoxy) is 2. The number of aliphatic carboxylic acids is 1. The molecule has 6 N–H and O–H groups in total. The Bertz CT molecular complexity index is 1550. The van der Waals surface area contributed by atoms with Gasteiger partial charge in [0.25, 0.3) is 5.88 Å². The van der Waals surface area contributed by atoms with Crippen LogP contribution in [0, 0.1) is 24.1 Å². The predicted octanol–water partition coefficient (Wildman–Crippen LogP) is 5.88. The Kier molecular flexibility index (Phi) is 10.2. The number of benzene rings is 2. The standard InChI is InChI=1S/C30H33FN6O5.C2H6/c1-16-25(35-20-9-6-17(7-10-20)30(39)40)24(31)29(42-23-15-18(26(32)33)8-11-22(23)38)36-28(16)41-21-5-3-4-19(14-21)27-34-12-13-37(27)2;1-2/h3-5,8,11,14-15,17,20,38H,6-7,9-10,12-13H2,1-2H3,(H3,32,33)(H,35,36)(H,39,40);1-2H3. The minimum Gasteiger partial charge on any atom is -0.504 e. The van der Waals surface area contributed by atoms with Gasteiger partial charge in [-0.15, -0.1) is 0 Å². The van der Waals surface area contributed by atoms with E-state index < -0.39 is 23.6 Å². The zero-order chi connectivity index (χ0) is 32.0. The Morgan fingerprint density at radius 1 is 1.11 bits per heavy atom. The van der Waals surface area contributed by atoms with Crippen LogP contribution in [0.5, 0.6) is 29.0 Å². The van der Waals surface area contributed by atoms with Gasteiger partial charge in [0.2, 0.25) is 11.7 Å². The van der Waals surface area contributed by atoms with Gasteiger partial charge < -0.3 is 35.6 Å². The van der Waals surface area contributed by atoms with E-state index in [-0.39, 0.29) is 40.5 Å². The summed E-state index contributed by atoms with van der Waals surface area (Å²) < 4.78 is 28.0.